The van der Waals surface area contributed by atoms with Crippen molar-refractivity contribution in [3.8, 4) is 11.8 Å². The fourth-order valence-electron chi connectivity index (χ4n) is 3.15. The third-order valence-electron chi connectivity index (χ3n) is 4.63. The van der Waals surface area contributed by atoms with Crippen molar-refractivity contribution in [2.75, 3.05) is 0 Å². The molecule has 5 heteroatoms. The van der Waals surface area contributed by atoms with E-state index in [1.54, 1.807) is 12.5 Å². The Labute approximate surface area is 136 Å². The first kappa shape index (κ1) is 15.3. The van der Waals surface area contributed by atoms with Crippen molar-refractivity contribution in [3.05, 3.63) is 48.5 Å². The molecule has 1 fully saturated rings. The topological polar surface area (TPSA) is 70.7 Å². The van der Waals surface area contributed by atoms with Gasteiger partial charge in [-0.2, -0.15) is 5.26 Å². The van der Waals surface area contributed by atoms with Crippen LogP contribution in [-0.2, 0) is 4.79 Å². The van der Waals surface area contributed by atoms with E-state index in [9.17, 15) is 10.1 Å². The van der Waals surface area contributed by atoms with E-state index >= 15 is 0 Å². The second kappa shape index (κ2) is 6.25. The minimum Gasteiger partial charge on any atom is -0.348 e. The highest BCUT2D eigenvalue weighted by Gasteiger charge is 2.41. The molecule has 0 aliphatic heterocycles. The predicted octanol–water partition coefficient (Wildman–Crippen LogP) is 3.13. The van der Waals surface area contributed by atoms with E-state index in [0.717, 1.165) is 24.1 Å². The molecule has 1 amide bonds. The Morgan fingerprint density at radius 2 is 2.22 bits per heavy atom. The summed E-state index contributed by atoms with van der Waals surface area (Å²) in [5.74, 6) is -0.141. The predicted molar refractivity (Wildman–Crippen MR) is 86.6 cm³/mol. The number of amides is 1. The minimum absolute atomic E-state index is 0.141. The maximum atomic E-state index is 12.5. The summed E-state index contributed by atoms with van der Waals surface area (Å²) in [6, 6.07) is 10.1. The van der Waals surface area contributed by atoms with Gasteiger partial charge in [-0.05, 0) is 37.5 Å². The van der Waals surface area contributed by atoms with Crippen LogP contribution in [-0.4, -0.2) is 15.5 Å². The van der Waals surface area contributed by atoms with Gasteiger partial charge in [-0.1, -0.05) is 25.0 Å². The third kappa shape index (κ3) is 2.98. The maximum Gasteiger partial charge on any atom is 0.240 e. The van der Waals surface area contributed by atoms with E-state index in [-0.39, 0.29) is 11.9 Å². The number of aromatic nitrogens is 2. The molecule has 5 nitrogen and oxygen atoms in total. The molecule has 1 aromatic heterocycles. The molecule has 1 atom stereocenters. The summed E-state index contributed by atoms with van der Waals surface area (Å²) in [6.45, 7) is 1.95. The van der Waals surface area contributed by atoms with Gasteiger partial charge in [0.15, 0.2) is 0 Å². The molecule has 2 aromatic rings. The molecule has 1 saturated carbocycles. The Balaban J connectivity index is 1.76. The number of nitrogens with zero attached hydrogens (tertiary/aromatic N) is 3. The number of hydrogen-bond acceptors (Lipinski definition) is 3. The molecule has 1 aliphatic carbocycles. The van der Waals surface area contributed by atoms with Crippen LogP contribution in [0.5, 0.6) is 0 Å². The van der Waals surface area contributed by atoms with Crippen LogP contribution >= 0.6 is 0 Å². The number of benzene rings is 1. The monoisotopic (exact) mass is 308 g/mol. The summed E-state index contributed by atoms with van der Waals surface area (Å²) in [6.07, 6.45) is 8.58. The molecule has 0 saturated heterocycles. The van der Waals surface area contributed by atoms with E-state index in [0.29, 0.717) is 12.8 Å². The van der Waals surface area contributed by atoms with E-state index in [1.807, 2.05) is 42.0 Å². The molecule has 0 unspecified atom stereocenters. The Morgan fingerprint density at radius 1 is 1.43 bits per heavy atom. The molecule has 0 radical (unpaired) electrons. The fourth-order valence-corrected chi connectivity index (χ4v) is 3.15. The number of rotatable bonds is 4. The van der Waals surface area contributed by atoms with Gasteiger partial charge in [0.1, 0.15) is 5.41 Å². The van der Waals surface area contributed by atoms with Gasteiger partial charge in [-0.15, -0.1) is 0 Å². The second-order valence-electron chi connectivity index (χ2n) is 6.16. The first-order valence-electron chi connectivity index (χ1n) is 7.95. The lowest BCUT2D eigenvalue weighted by Crippen LogP contribution is -2.39. The zero-order valence-electron chi connectivity index (χ0n) is 13.2. The first-order chi connectivity index (χ1) is 11.1. The van der Waals surface area contributed by atoms with Crippen LogP contribution in [0.1, 0.15) is 44.2 Å². The van der Waals surface area contributed by atoms with E-state index in [2.05, 4.69) is 16.4 Å². The molecule has 0 bridgehead atoms. The SMILES string of the molecule is C[C@H](NC(=O)C1(C#N)CCCC1)c1cccc(-n2ccnc2)c1. The Hall–Kier alpha value is -2.61. The smallest absolute Gasteiger partial charge is 0.240 e. The standard InChI is InChI=1S/C18H20N4O/c1-14(21-17(23)18(12-19)7-2-3-8-18)15-5-4-6-16(11-15)22-10-9-20-13-22/h4-6,9-11,13-14H,2-3,7-8H2,1H3,(H,21,23)/t14-/m0/s1. The third-order valence-corrected chi connectivity index (χ3v) is 4.63. The van der Waals surface area contributed by atoms with Crippen LogP contribution in [0.4, 0.5) is 0 Å². The van der Waals surface area contributed by atoms with Crippen molar-refractivity contribution in [1.29, 1.82) is 5.26 Å². The molecule has 1 aliphatic rings. The Kier molecular flexibility index (Phi) is 4.16. The maximum absolute atomic E-state index is 12.5. The zero-order chi connectivity index (χ0) is 16.3. The van der Waals surface area contributed by atoms with Gasteiger partial charge in [0.2, 0.25) is 5.91 Å². The number of nitriles is 1. The number of imidazole rings is 1. The lowest BCUT2D eigenvalue weighted by Gasteiger charge is -2.23. The molecule has 3 rings (SSSR count). The Morgan fingerprint density at radius 3 is 2.87 bits per heavy atom. The summed E-state index contributed by atoms with van der Waals surface area (Å²) in [7, 11) is 0. The van der Waals surface area contributed by atoms with Crippen LogP contribution in [0.15, 0.2) is 43.0 Å². The van der Waals surface area contributed by atoms with Gasteiger partial charge in [-0.3, -0.25) is 4.79 Å². The molecular formula is C18H20N4O. The van der Waals surface area contributed by atoms with Crippen molar-refractivity contribution >= 4 is 5.91 Å². The molecule has 118 valence electrons. The van der Waals surface area contributed by atoms with Gasteiger partial charge in [0.05, 0.1) is 18.4 Å². The zero-order valence-corrected chi connectivity index (χ0v) is 13.2. The molecule has 1 N–H and O–H groups in total. The largest absolute Gasteiger partial charge is 0.348 e. The average Bonchev–Trinajstić information content (AvgIpc) is 3.27. The van der Waals surface area contributed by atoms with Crippen LogP contribution in [0, 0.1) is 16.7 Å². The van der Waals surface area contributed by atoms with Gasteiger partial charge >= 0.3 is 0 Å². The number of carbonyl (C=O) groups excluding carboxylic acids is 1. The first-order valence-corrected chi connectivity index (χ1v) is 7.95. The van der Waals surface area contributed by atoms with Crippen molar-refractivity contribution in [2.24, 2.45) is 5.41 Å². The fraction of sp³-hybridized carbons (Fsp3) is 0.389. The summed E-state index contributed by atoms with van der Waals surface area (Å²) in [4.78, 5) is 16.6. The van der Waals surface area contributed by atoms with E-state index in [4.69, 9.17) is 0 Å². The van der Waals surface area contributed by atoms with E-state index < -0.39 is 5.41 Å². The van der Waals surface area contributed by atoms with Crippen molar-refractivity contribution in [3.63, 3.8) is 0 Å². The molecule has 23 heavy (non-hydrogen) atoms. The second-order valence-corrected chi connectivity index (χ2v) is 6.16. The van der Waals surface area contributed by atoms with Gasteiger partial charge < -0.3 is 9.88 Å². The van der Waals surface area contributed by atoms with Gasteiger partial charge in [-0.25, -0.2) is 4.98 Å². The van der Waals surface area contributed by atoms with E-state index in [1.165, 1.54) is 0 Å². The normalized spacial score (nSPS) is 17.4. The molecule has 1 heterocycles. The van der Waals surface area contributed by atoms with Crippen molar-refractivity contribution in [2.45, 2.75) is 38.6 Å². The van der Waals surface area contributed by atoms with Crippen LogP contribution in [0.25, 0.3) is 5.69 Å². The quantitative estimate of drug-likeness (QED) is 0.943. The number of nitrogens with one attached hydrogen (secondary N) is 1. The summed E-state index contributed by atoms with van der Waals surface area (Å²) >= 11 is 0. The molecule has 1 aromatic carbocycles. The highest BCUT2D eigenvalue weighted by molar-refractivity contribution is 5.86. The van der Waals surface area contributed by atoms with Crippen LogP contribution < -0.4 is 5.32 Å². The van der Waals surface area contributed by atoms with Crippen LogP contribution in [0.3, 0.4) is 0 Å². The summed E-state index contributed by atoms with van der Waals surface area (Å²) in [5.41, 5.74) is 1.17. The van der Waals surface area contributed by atoms with Crippen molar-refractivity contribution in [1.82, 2.24) is 14.9 Å². The molecule has 0 spiro atoms. The van der Waals surface area contributed by atoms with Gasteiger partial charge in [0.25, 0.3) is 0 Å². The Bertz CT molecular complexity index is 724. The molecular weight excluding hydrogens is 288 g/mol. The highest BCUT2D eigenvalue weighted by Crippen LogP contribution is 2.38. The lowest BCUT2D eigenvalue weighted by atomic mass is 9.86. The number of carbonyl (C=O) groups is 1. The number of hydrogen-bond donors (Lipinski definition) is 1. The highest BCUT2D eigenvalue weighted by atomic mass is 16.2. The van der Waals surface area contributed by atoms with Crippen molar-refractivity contribution < 1.29 is 4.79 Å². The minimum atomic E-state index is -0.837. The lowest BCUT2D eigenvalue weighted by molar-refractivity contribution is -0.128. The summed E-state index contributed by atoms with van der Waals surface area (Å²) < 4.78 is 1.92. The average molecular weight is 308 g/mol. The van der Waals surface area contributed by atoms with Gasteiger partial charge in [0, 0.05) is 18.1 Å². The summed E-state index contributed by atoms with van der Waals surface area (Å²) in [5, 5.41) is 12.4. The van der Waals surface area contributed by atoms with Crippen LogP contribution in [0.2, 0.25) is 0 Å².